The largest absolute Gasteiger partial charge is 0.338 e. The van der Waals surface area contributed by atoms with Gasteiger partial charge in [-0.05, 0) is 31.3 Å². The van der Waals surface area contributed by atoms with Crippen LogP contribution >= 0.6 is 0 Å². The van der Waals surface area contributed by atoms with Gasteiger partial charge in [0.25, 0.3) is 0 Å². The molecule has 1 aromatic heterocycles. The average Bonchev–Trinajstić information content (AvgIpc) is 3.09. The van der Waals surface area contributed by atoms with Gasteiger partial charge in [0.05, 0.1) is 6.54 Å². The van der Waals surface area contributed by atoms with E-state index in [0.717, 1.165) is 31.3 Å². The number of hydrogen-bond donors (Lipinski definition) is 1. The minimum atomic E-state index is 0.120. The first-order chi connectivity index (χ1) is 8.54. The Hall–Kier alpha value is -0.940. The van der Waals surface area contributed by atoms with Gasteiger partial charge in [-0.3, -0.25) is 4.90 Å². The van der Waals surface area contributed by atoms with Gasteiger partial charge in [-0.15, -0.1) is 0 Å². The summed E-state index contributed by atoms with van der Waals surface area (Å²) >= 11 is 0. The Kier molecular flexibility index (Phi) is 4.02. The molecule has 0 aromatic carbocycles. The van der Waals surface area contributed by atoms with Crippen molar-refractivity contribution in [2.75, 3.05) is 19.6 Å². The Balaban J connectivity index is 1.92. The van der Waals surface area contributed by atoms with E-state index in [1.165, 1.54) is 12.8 Å². The molecule has 1 saturated carbocycles. The SMILES string of the molecule is CCN(Cc1nc(C2CC2)no1)CC(C)(C)CN. The first-order valence-electron chi connectivity index (χ1n) is 6.79. The van der Waals surface area contributed by atoms with Crippen molar-refractivity contribution in [1.29, 1.82) is 0 Å². The van der Waals surface area contributed by atoms with Gasteiger partial charge in [-0.2, -0.15) is 4.98 Å². The van der Waals surface area contributed by atoms with Crippen molar-refractivity contribution in [3.05, 3.63) is 11.7 Å². The zero-order chi connectivity index (χ0) is 13.2. The minimum Gasteiger partial charge on any atom is -0.338 e. The van der Waals surface area contributed by atoms with Crippen LogP contribution in [0.3, 0.4) is 0 Å². The van der Waals surface area contributed by atoms with Gasteiger partial charge >= 0.3 is 0 Å². The third kappa shape index (κ3) is 3.53. The zero-order valence-corrected chi connectivity index (χ0v) is 11.6. The molecule has 2 rings (SSSR count). The van der Waals surface area contributed by atoms with Crippen LogP contribution in [-0.4, -0.2) is 34.7 Å². The summed E-state index contributed by atoms with van der Waals surface area (Å²) in [6.45, 7) is 9.81. The molecule has 0 unspecified atom stereocenters. The Morgan fingerprint density at radius 2 is 2.17 bits per heavy atom. The maximum absolute atomic E-state index is 5.78. The zero-order valence-electron chi connectivity index (χ0n) is 11.6. The molecule has 1 aliphatic rings. The van der Waals surface area contributed by atoms with E-state index in [1.54, 1.807) is 0 Å². The molecule has 0 atom stereocenters. The number of hydrogen-bond acceptors (Lipinski definition) is 5. The van der Waals surface area contributed by atoms with Gasteiger partial charge in [-0.25, -0.2) is 0 Å². The quantitative estimate of drug-likeness (QED) is 0.800. The highest BCUT2D eigenvalue weighted by Crippen LogP contribution is 2.38. The summed E-state index contributed by atoms with van der Waals surface area (Å²) in [6, 6.07) is 0. The van der Waals surface area contributed by atoms with E-state index in [4.69, 9.17) is 10.3 Å². The Bertz CT molecular complexity index is 384. The van der Waals surface area contributed by atoms with E-state index in [9.17, 15) is 0 Å². The van der Waals surface area contributed by atoms with E-state index < -0.39 is 0 Å². The smallest absolute Gasteiger partial charge is 0.240 e. The molecule has 0 radical (unpaired) electrons. The minimum absolute atomic E-state index is 0.120. The molecular weight excluding hydrogens is 228 g/mol. The highest BCUT2D eigenvalue weighted by Gasteiger charge is 2.29. The standard InChI is InChI=1S/C13H24N4O/c1-4-17(9-13(2,3)8-14)7-11-15-12(16-18-11)10-5-6-10/h10H,4-9,14H2,1-3H3. The monoisotopic (exact) mass is 252 g/mol. The lowest BCUT2D eigenvalue weighted by Crippen LogP contribution is -2.38. The van der Waals surface area contributed by atoms with E-state index in [-0.39, 0.29) is 5.41 Å². The number of nitrogens with zero attached hydrogens (tertiary/aromatic N) is 3. The van der Waals surface area contributed by atoms with E-state index in [2.05, 4.69) is 35.8 Å². The second-order valence-electron chi connectivity index (χ2n) is 5.99. The van der Waals surface area contributed by atoms with E-state index in [1.807, 2.05) is 0 Å². The summed E-state index contributed by atoms with van der Waals surface area (Å²) in [5, 5.41) is 4.04. The van der Waals surface area contributed by atoms with Gasteiger partial charge in [0.15, 0.2) is 5.82 Å². The predicted octanol–water partition coefficient (Wildman–Crippen LogP) is 1.75. The summed E-state index contributed by atoms with van der Waals surface area (Å²) in [4.78, 5) is 6.77. The van der Waals surface area contributed by atoms with E-state index in [0.29, 0.717) is 12.5 Å². The maximum Gasteiger partial charge on any atom is 0.240 e. The molecule has 102 valence electrons. The highest BCUT2D eigenvalue weighted by atomic mass is 16.5. The van der Waals surface area contributed by atoms with Gasteiger partial charge < -0.3 is 10.3 Å². The molecule has 0 saturated heterocycles. The lowest BCUT2D eigenvalue weighted by Gasteiger charge is -2.29. The molecule has 0 spiro atoms. The fourth-order valence-corrected chi connectivity index (χ4v) is 1.98. The normalized spacial score (nSPS) is 16.5. The van der Waals surface area contributed by atoms with Crippen LogP contribution in [0.25, 0.3) is 0 Å². The molecule has 1 heterocycles. The van der Waals surface area contributed by atoms with Crippen molar-refractivity contribution in [2.45, 2.75) is 46.1 Å². The van der Waals surface area contributed by atoms with Crippen LogP contribution in [-0.2, 0) is 6.54 Å². The molecule has 1 fully saturated rings. The molecule has 1 aliphatic carbocycles. The Morgan fingerprint density at radius 3 is 2.72 bits per heavy atom. The average molecular weight is 252 g/mol. The highest BCUT2D eigenvalue weighted by molar-refractivity contribution is 5.03. The Labute approximate surface area is 109 Å². The second kappa shape index (κ2) is 5.36. The first-order valence-corrected chi connectivity index (χ1v) is 6.79. The van der Waals surface area contributed by atoms with E-state index >= 15 is 0 Å². The summed E-state index contributed by atoms with van der Waals surface area (Å²) in [5.74, 6) is 2.17. The maximum atomic E-state index is 5.78. The third-order valence-corrected chi connectivity index (χ3v) is 3.44. The summed E-state index contributed by atoms with van der Waals surface area (Å²) in [7, 11) is 0. The van der Waals surface area contributed by atoms with Crippen molar-refractivity contribution in [1.82, 2.24) is 15.0 Å². The topological polar surface area (TPSA) is 68.2 Å². The van der Waals surface area contributed by atoms with Crippen molar-refractivity contribution >= 4 is 0 Å². The van der Waals surface area contributed by atoms with Crippen LogP contribution < -0.4 is 5.73 Å². The molecular formula is C13H24N4O. The lowest BCUT2D eigenvalue weighted by atomic mass is 9.93. The first kappa shape index (κ1) is 13.5. The van der Waals surface area contributed by atoms with Crippen LogP contribution in [0.15, 0.2) is 4.52 Å². The molecule has 5 heteroatoms. The molecule has 5 nitrogen and oxygen atoms in total. The van der Waals surface area contributed by atoms with Gasteiger partial charge in [0, 0.05) is 12.5 Å². The van der Waals surface area contributed by atoms with Gasteiger partial charge in [0.2, 0.25) is 5.89 Å². The summed E-state index contributed by atoms with van der Waals surface area (Å²) in [5.41, 5.74) is 5.90. The fraction of sp³-hybridized carbons (Fsp3) is 0.846. The van der Waals surface area contributed by atoms with Gasteiger partial charge in [-0.1, -0.05) is 25.9 Å². The fourth-order valence-electron chi connectivity index (χ4n) is 1.98. The molecule has 0 bridgehead atoms. The predicted molar refractivity (Wildman–Crippen MR) is 70.1 cm³/mol. The molecule has 1 aromatic rings. The van der Waals surface area contributed by atoms with Crippen molar-refractivity contribution in [3.8, 4) is 0 Å². The third-order valence-electron chi connectivity index (χ3n) is 3.44. The van der Waals surface area contributed by atoms with Crippen LogP contribution in [0.2, 0.25) is 0 Å². The molecule has 18 heavy (non-hydrogen) atoms. The van der Waals surface area contributed by atoms with Crippen LogP contribution in [0.4, 0.5) is 0 Å². The summed E-state index contributed by atoms with van der Waals surface area (Å²) in [6.07, 6.45) is 2.41. The van der Waals surface area contributed by atoms with Gasteiger partial charge in [0.1, 0.15) is 0 Å². The number of aromatic nitrogens is 2. The van der Waals surface area contributed by atoms with Crippen LogP contribution in [0.1, 0.15) is 51.2 Å². The van der Waals surface area contributed by atoms with Crippen LogP contribution in [0, 0.1) is 5.41 Å². The molecule has 0 amide bonds. The Morgan fingerprint density at radius 1 is 1.44 bits per heavy atom. The number of nitrogens with two attached hydrogens (primary N) is 1. The van der Waals surface area contributed by atoms with Crippen molar-refractivity contribution in [2.24, 2.45) is 11.1 Å². The summed E-state index contributed by atoms with van der Waals surface area (Å²) < 4.78 is 5.31. The lowest BCUT2D eigenvalue weighted by molar-refractivity contribution is 0.165. The number of rotatable bonds is 7. The van der Waals surface area contributed by atoms with Crippen molar-refractivity contribution in [3.63, 3.8) is 0 Å². The van der Waals surface area contributed by atoms with Crippen LogP contribution in [0.5, 0.6) is 0 Å². The second-order valence-corrected chi connectivity index (χ2v) is 5.99. The van der Waals surface area contributed by atoms with Crippen molar-refractivity contribution < 1.29 is 4.52 Å². The molecule has 0 aliphatic heterocycles. The molecule has 2 N–H and O–H groups in total.